The first kappa shape index (κ1) is 59.0. The zero-order chi connectivity index (χ0) is 55.7. The van der Waals surface area contributed by atoms with Gasteiger partial charge in [-0.1, -0.05) is 60.1 Å². The monoisotopic (exact) mass is 1090 g/mol. The second kappa shape index (κ2) is 21.0. The van der Waals surface area contributed by atoms with Crippen molar-refractivity contribution in [3.8, 4) is 0 Å². The van der Waals surface area contributed by atoms with Gasteiger partial charge in [-0.2, -0.15) is 0 Å². The summed E-state index contributed by atoms with van der Waals surface area (Å²) in [6, 6.07) is 0. The normalized spacial score (nSPS) is 55.0. The minimum absolute atomic E-state index is 0.00833. The van der Waals surface area contributed by atoms with E-state index in [0.717, 1.165) is 18.4 Å². The molecule has 4 aliphatic heterocycles. The van der Waals surface area contributed by atoms with Gasteiger partial charge in [0.1, 0.15) is 90.9 Å². The minimum Gasteiger partial charge on any atom is -0.481 e. The van der Waals surface area contributed by atoms with E-state index in [1.165, 1.54) is 6.92 Å². The number of carboxylic acids is 1. The van der Waals surface area contributed by atoms with Gasteiger partial charge in [0.2, 0.25) is 0 Å². The van der Waals surface area contributed by atoms with Crippen LogP contribution in [0, 0.1) is 50.2 Å². The van der Waals surface area contributed by atoms with E-state index in [1.54, 1.807) is 0 Å². The maximum Gasteiger partial charge on any atom is 0.312 e. The highest BCUT2D eigenvalue weighted by Crippen LogP contribution is 2.76. The highest BCUT2D eigenvalue weighted by atomic mass is 16.8. The second-order valence-electron chi connectivity index (χ2n) is 26.0. The summed E-state index contributed by atoms with van der Waals surface area (Å²) in [6.07, 6.45) is -27.5. The van der Waals surface area contributed by atoms with E-state index in [4.69, 9.17) is 37.9 Å². The molecule has 4 heterocycles. The van der Waals surface area contributed by atoms with Crippen LogP contribution in [0.15, 0.2) is 11.6 Å². The van der Waals surface area contributed by atoms with Gasteiger partial charge in [-0.3, -0.25) is 4.79 Å². The lowest BCUT2D eigenvalue weighted by Gasteiger charge is -2.72. The number of carbonyl (C=O) groups is 1. The molecule has 23 nitrogen and oxygen atoms in total. The van der Waals surface area contributed by atoms with Gasteiger partial charge >= 0.3 is 5.97 Å². The van der Waals surface area contributed by atoms with Gasteiger partial charge in [0.05, 0.1) is 44.2 Å². The summed E-state index contributed by atoms with van der Waals surface area (Å²) in [4.78, 5) is 13.3. The van der Waals surface area contributed by atoms with E-state index in [2.05, 4.69) is 40.7 Å². The largest absolute Gasteiger partial charge is 0.481 e. The number of hydrogen-bond acceptors (Lipinski definition) is 22. The molecule has 5 aliphatic carbocycles. The third-order valence-corrected chi connectivity index (χ3v) is 21.3. The maximum absolute atomic E-state index is 13.3. The van der Waals surface area contributed by atoms with E-state index < -0.39 is 188 Å². The van der Waals surface area contributed by atoms with Crippen LogP contribution in [0.4, 0.5) is 0 Å². The molecule has 14 N–H and O–H groups in total. The van der Waals surface area contributed by atoms with Crippen LogP contribution in [0.5, 0.6) is 0 Å². The molecule has 0 aromatic carbocycles. The number of ether oxygens (including phenoxy) is 8. The summed E-state index contributed by atoms with van der Waals surface area (Å²) in [5, 5.41) is 153. The molecule has 4 saturated heterocycles. The van der Waals surface area contributed by atoms with Crippen molar-refractivity contribution in [1.29, 1.82) is 0 Å². The first-order chi connectivity index (χ1) is 35.4. The zero-order valence-electron chi connectivity index (χ0n) is 44.7. The van der Waals surface area contributed by atoms with Gasteiger partial charge in [0.25, 0.3) is 0 Å². The molecule has 0 aromatic heterocycles. The molecule has 9 aliphatic rings. The Morgan fingerprint density at radius 1 is 0.632 bits per heavy atom. The molecule has 0 amide bonds. The molecule has 0 bridgehead atoms. The Morgan fingerprint density at radius 2 is 1.25 bits per heavy atom. The van der Waals surface area contributed by atoms with Crippen LogP contribution in [0.3, 0.4) is 0 Å². The standard InChI is InChI=1S/C53H86O23/c1-21-32(58)37(63)41(75-43-39(65)33(59)24(55)19-69-43)45(71-21)70-20-26-35(61)38(64)42(76-44-40(66)36(62)34(60)25(18-54)72-44)46(73-26)74-31-12-13-50(6)27(49(31,4)5)11-14-51(7)28(50)10-9-22-23-15-48(2,3)29(56)17-53(23,47(67)68)30(57)16-52(22,51)8/h9,21,23-46,54-66H,10-20H2,1-8H3,(H,67,68)/t21-,23+,24-,25-,26-,27+,28-,29+,30-,31+,32+,33+,34-,35-,36+,37+,38+,39-,40-,41-,42-,43+,44+,45-,46+,50+,51-,52-,53-/m1/s1. The quantitative estimate of drug-likeness (QED) is 0.0797. The van der Waals surface area contributed by atoms with Crippen molar-refractivity contribution in [3.05, 3.63) is 11.6 Å². The number of allylic oxidation sites excluding steroid dienone is 2. The van der Waals surface area contributed by atoms with Gasteiger partial charge in [-0.15, -0.1) is 0 Å². The SMILES string of the molecule is C[C@H]1O[C@@H](OC[C@H]2O[C@@H](O[C@H]3CC[C@]4(C)[C@H]5CC=C6[C@@H]7CC(C)(C)[C@@H](O)C[C@]7(C(=O)O)[C@H](O)C[C@@]6(C)[C@]5(C)CC[C@H]4C3(C)C)[C@H](O[C@@H]3O[C@H](CO)[C@@H](O)[C@H](O)[C@H]3O)[C@@H](O)[C@@H]2O)[C@H](O[C@@H]2OC[C@@H](O)[C@H](O)[C@H]2O)[C@@H](O)[C@H]1O. The van der Waals surface area contributed by atoms with E-state index in [9.17, 15) is 76.3 Å². The highest BCUT2D eigenvalue weighted by molar-refractivity contribution is 5.78. The van der Waals surface area contributed by atoms with Crippen molar-refractivity contribution in [2.75, 3.05) is 19.8 Å². The van der Waals surface area contributed by atoms with Crippen LogP contribution in [-0.2, 0) is 42.7 Å². The Bertz CT molecular complexity index is 2110. The van der Waals surface area contributed by atoms with Crippen molar-refractivity contribution >= 4 is 5.97 Å². The van der Waals surface area contributed by atoms with Gasteiger partial charge in [0.15, 0.2) is 25.2 Å². The Morgan fingerprint density at radius 3 is 1.92 bits per heavy atom. The zero-order valence-corrected chi connectivity index (χ0v) is 44.7. The van der Waals surface area contributed by atoms with Crippen molar-refractivity contribution in [1.82, 2.24) is 0 Å². The van der Waals surface area contributed by atoms with Crippen LogP contribution in [0.2, 0.25) is 0 Å². The molecule has 0 aromatic rings. The first-order valence-corrected chi connectivity index (χ1v) is 27.3. The summed E-state index contributed by atoms with van der Waals surface area (Å²) in [6.45, 7) is 14.6. The lowest BCUT2D eigenvalue weighted by Crippen LogP contribution is -2.69. The summed E-state index contributed by atoms with van der Waals surface area (Å²) >= 11 is 0. The van der Waals surface area contributed by atoms with Crippen LogP contribution in [-0.4, -0.2) is 232 Å². The number of hydrogen-bond donors (Lipinski definition) is 14. The lowest BCUT2D eigenvalue weighted by molar-refractivity contribution is -0.385. The molecule has 9 rings (SSSR count). The predicted octanol–water partition coefficient (Wildman–Crippen LogP) is -1.86. The van der Waals surface area contributed by atoms with Crippen molar-refractivity contribution < 1.29 is 114 Å². The van der Waals surface area contributed by atoms with Crippen LogP contribution >= 0.6 is 0 Å². The van der Waals surface area contributed by atoms with Gasteiger partial charge < -0.3 is 109 Å². The molecule has 29 atom stereocenters. The fourth-order valence-electron chi connectivity index (χ4n) is 16.2. The molecule has 23 heteroatoms. The fraction of sp³-hybridized carbons (Fsp3) is 0.943. The molecular weight excluding hydrogens is 1000 g/mol. The highest BCUT2D eigenvalue weighted by Gasteiger charge is 2.72. The minimum atomic E-state index is -1.90. The van der Waals surface area contributed by atoms with Crippen molar-refractivity contribution in [2.24, 2.45) is 50.2 Å². The van der Waals surface area contributed by atoms with E-state index in [0.29, 0.717) is 25.7 Å². The molecule has 0 unspecified atom stereocenters. The molecular formula is C53H86O23. The summed E-state index contributed by atoms with van der Waals surface area (Å²) in [5.41, 5.74) is -2.91. The van der Waals surface area contributed by atoms with E-state index in [-0.39, 0.29) is 35.5 Å². The second-order valence-corrected chi connectivity index (χ2v) is 26.0. The number of aliphatic hydroxyl groups is 13. The third kappa shape index (κ3) is 9.27. The van der Waals surface area contributed by atoms with Crippen molar-refractivity contribution in [3.63, 3.8) is 0 Å². The Balaban J connectivity index is 0.979. The smallest absolute Gasteiger partial charge is 0.312 e. The van der Waals surface area contributed by atoms with E-state index >= 15 is 0 Å². The number of aliphatic carboxylic acids is 1. The summed E-state index contributed by atoms with van der Waals surface area (Å²) in [5.74, 6) is -1.46. The molecule has 76 heavy (non-hydrogen) atoms. The molecule has 0 spiro atoms. The molecule has 436 valence electrons. The summed E-state index contributed by atoms with van der Waals surface area (Å²) < 4.78 is 48.5. The maximum atomic E-state index is 13.3. The van der Waals surface area contributed by atoms with Crippen LogP contribution in [0.25, 0.3) is 0 Å². The average molecular weight is 1090 g/mol. The Hall–Kier alpha value is -1.63. The van der Waals surface area contributed by atoms with Crippen LogP contribution < -0.4 is 0 Å². The number of carboxylic acid groups (broad SMARTS) is 1. The Labute approximate surface area is 442 Å². The molecule has 0 radical (unpaired) electrons. The fourth-order valence-corrected chi connectivity index (χ4v) is 16.2. The first-order valence-electron chi connectivity index (χ1n) is 27.3. The third-order valence-electron chi connectivity index (χ3n) is 21.3. The van der Waals surface area contributed by atoms with E-state index in [1.807, 2.05) is 13.8 Å². The summed E-state index contributed by atoms with van der Waals surface area (Å²) in [7, 11) is 0. The topological polar surface area (TPSA) is 374 Å². The molecule has 4 saturated carbocycles. The Kier molecular flexibility index (Phi) is 16.3. The average Bonchev–Trinajstić information content (AvgIpc) is 3.54. The van der Waals surface area contributed by atoms with Gasteiger partial charge in [-0.05, 0) is 103 Å². The predicted molar refractivity (Wildman–Crippen MR) is 259 cm³/mol. The number of rotatable bonds is 11. The van der Waals surface area contributed by atoms with Crippen molar-refractivity contribution in [2.45, 2.75) is 242 Å². The van der Waals surface area contributed by atoms with Gasteiger partial charge in [-0.25, -0.2) is 0 Å². The number of fused-ring (bicyclic) bond motifs is 7. The van der Waals surface area contributed by atoms with Crippen LogP contribution in [0.1, 0.15) is 107 Å². The lowest BCUT2D eigenvalue weighted by atomic mass is 9.33. The number of aliphatic hydroxyl groups excluding tert-OH is 13. The molecule has 8 fully saturated rings. The van der Waals surface area contributed by atoms with Gasteiger partial charge in [0, 0.05) is 0 Å².